The van der Waals surface area contributed by atoms with Gasteiger partial charge in [0.25, 0.3) is 5.91 Å². The molecule has 1 amide bonds. The van der Waals surface area contributed by atoms with E-state index in [-0.39, 0.29) is 11.7 Å². The molecule has 1 N–H and O–H groups in total. The van der Waals surface area contributed by atoms with E-state index < -0.39 is 5.82 Å². The van der Waals surface area contributed by atoms with Crippen LogP contribution < -0.4 is 10.1 Å². The van der Waals surface area contributed by atoms with Crippen LogP contribution in [0.3, 0.4) is 0 Å². The van der Waals surface area contributed by atoms with E-state index in [1.54, 1.807) is 6.07 Å². The molecule has 0 aromatic heterocycles. The Bertz CT molecular complexity index is 658. The first kappa shape index (κ1) is 14.5. The SMILES string of the molecule is COc1cc(C(=O)Nc2ccc(Br)c(C)c2)ccc1F. The largest absolute Gasteiger partial charge is 0.494 e. The molecule has 2 aromatic rings. The van der Waals surface area contributed by atoms with E-state index in [2.05, 4.69) is 21.2 Å². The Balaban J connectivity index is 2.21. The molecular weight excluding hydrogens is 325 g/mol. The molecule has 0 aliphatic heterocycles. The number of carbonyl (C=O) groups excluding carboxylic acids is 1. The summed E-state index contributed by atoms with van der Waals surface area (Å²) in [7, 11) is 1.36. The molecule has 0 heterocycles. The minimum atomic E-state index is -0.497. The minimum absolute atomic E-state index is 0.0460. The zero-order chi connectivity index (χ0) is 14.7. The molecular formula is C15H13BrFNO2. The van der Waals surface area contributed by atoms with E-state index in [1.165, 1.54) is 25.3 Å². The smallest absolute Gasteiger partial charge is 0.255 e. The molecule has 0 aliphatic rings. The van der Waals surface area contributed by atoms with Crippen LogP contribution in [-0.2, 0) is 0 Å². The van der Waals surface area contributed by atoms with Crippen LogP contribution in [-0.4, -0.2) is 13.0 Å². The number of methoxy groups -OCH3 is 1. The van der Waals surface area contributed by atoms with E-state index in [0.717, 1.165) is 10.0 Å². The molecule has 20 heavy (non-hydrogen) atoms. The number of benzene rings is 2. The fourth-order valence-electron chi connectivity index (χ4n) is 1.73. The Morgan fingerprint density at radius 2 is 2.00 bits per heavy atom. The van der Waals surface area contributed by atoms with Gasteiger partial charge in [0, 0.05) is 15.7 Å². The van der Waals surface area contributed by atoms with Crippen molar-refractivity contribution in [3.8, 4) is 5.75 Å². The Morgan fingerprint density at radius 3 is 2.65 bits per heavy atom. The quantitative estimate of drug-likeness (QED) is 0.913. The number of rotatable bonds is 3. The van der Waals surface area contributed by atoms with Gasteiger partial charge in [-0.2, -0.15) is 0 Å². The average Bonchev–Trinajstić information content (AvgIpc) is 2.43. The van der Waals surface area contributed by atoms with Gasteiger partial charge in [0.1, 0.15) is 0 Å². The Labute approximate surface area is 124 Å². The van der Waals surface area contributed by atoms with Gasteiger partial charge < -0.3 is 10.1 Å². The monoisotopic (exact) mass is 337 g/mol. The van der Waals surface area contributed by atoms with Crippen LogP contribution in [0.15, 0.2) is 40.9 Å². The van der Waals surface area contributed by atoms with Crippen LogP contribution in [0.25, 0.3) is 0 Å². The van der Waals surface area contributed by atoms with Crippen molar-refractivity contribution < 1.29 is 13.9 Å². The number of hydrogen-bond acceptors (Lipinski definition) is 2. The van der Waals surface area contributed by atoms with Gasteiger partial charge in [0.2, 0.25) is 0 Å². The van der Waals surface area contributed by atoms with Crippen molar-refractivity contribution in [2.45, 2.75) is 6.92 Å². The molecule has 0 bridgehead atoms. The van der Waals surface area contributed by atoms with E-state index >= 15 is 0 Å². The summed E-state index contributed by atoms with van der Waals surface area (Å²) < 4.78 is 19.1. The molecule has 3 nitrogen and oxygen atoms in total. The highest BCUT2D eigenvalue weighted by Gasteiger charge is 2.10. The maximum atomic E-state index is 13.3. The summed E-state index contributed by atoms with van der Waals surface area (Å²) in [5.74, 6) is -0.766. The van der Waals surface area contributed by atoms with Crippen LogP contribution in [0.5, 0.6) is 5.75 Å². The van der Waals surface area contributed by atoms with Crippen LogP contribution >= 0.6 is 15.9 Å². The number of anilines is 1. The molecule has 2 aromatic carbocycles. The molecule has 0 saturated carbocycles. The van der Waals surface area contributed by atoms with Crippen molar-refractivity contribution in [1.82, 2.24) is 0 Å². The molecule has 5 heteroatoms. The van der Waals surface area contributed by atoms with Crippen molar-refractivity contribution in [3.63, 3.8) is 0 Å². The number of amides is 1. The van der Waals surface area contributed by atoms with Crippen molar-refractivity contribution >= 4 is 27.5 Å². The molecule has 104 valence electrons. The summed E-state index contributed by atoms with van der Waals surface area (Å²) in [4.78, 5) is 12.1. The molecule has 0 spiro atoms. The summed E-state index contributed by atoms with van der Waals surface area (Å²) in [5, 5.41) is 2.76. The second-order valence-electron chi connectivity index (χ2n) is 4.27. The summed E-state index contributed by atoms with van der Waals surface area (Å²) >= 11 is 3.40. The topological polar surface area (TPSA) is 38.3 Å². The van der Waals surface area contributed by atoms with E-state index in [0.29, 0.717) is 11.3 Å². The van der Waals surface area contributed by atoms with Crippen molar-refractivity contribution in [3.05, 3.63) is 57.8 Å². The standard InChI is InChI=1S/C15H13BrFNO2/c1-9-7-11(4-5-12(9)16)18-15(19)10-3-6-13(17)14(8-10)20-2/h3-8H,1-2H3,(H,18,19). The van der Waals surface area contributed by atoms with E-state index in [1.807, 2.05) is 19.1 Å². The van der Waals surface area contributed by atoms with Crippen molar-refractivity contribution in [2.75, 3.05) is 12.4 Å². The van der Waals surface area contributed by atoms with Gasteiger partial charge in [0.05, 0.1) is 7.11 Å². The lowest BCUT2D eigenvalue weighted by atomic mass is 10.1. The van der Waals surface area contributed by atoms with Gasteiger partial charge in [-0.15, -0.1) is 0 Å². The number of nitrogens with one attached hydrogen (secondary N) is 1. The molecule has 0 saturated heterocycles. The Morgan fingerprint density at radius 1 is 1.25 bits per heavy atom. The number of halogens is 2. The first-order valence-corrected chi connectivity index (χ1v) is 6.71. The van der Waals surface area contributed by atoms with Crippen LogP contribution in [0.4, 0.5) is 10.1 Å². The number of hydrogen-bond donors (Lipinski definition) is 1. The summed E-state index contributed by atoms with van der Waals surface area (Å²) in [6.07, 6.45) is 0. The maximum Gasteiger partial charge on any atom is 0.255 e. The summed E-state index contributed by atoms with van der Waals surface area (Å²) in [6.45, 7) is 1.93. The average molecular weight is 338 g/mol. The van der Waals surface area contributed by atoms with Gasteiger partial charge in [-0.3, -0.25) is 4.79 Å². The first-order valence-electron chi connectivity index (χ1n) is 5.92. The number of aryl methyl sites for hydroxylation is 1. The molecule has 2 rings (SSSR count). The predicted molar refractivity (Wildman–Crippen MR) is 79.8 cm³/mol. The Kier molecular flexibility index (Phi) is 4.39. The third-order valence-corrected chi connectivity index (χ3v) is 3.72. The van der Waals surface area contributed by atoms with Gasteiger partial charge in [0.15, 0.2) is 11.6 Å². The molecule has 0 fully saturated rings. The predicted octanol–water partition coefficient (Wildman–Crippen LogP) is 4.16. The fraction of sp³-hybridized carbons (Fsp3) is 0.133. The number of carbonyl (C=O) groups is 1. The van der Waals surface area contributed by atoms with Crippen molar-refractivity contribution in [2.24, 2.45) is 0 Å². The lowest BCUT2D eigenvalue weighted by Crippen LogP contribution is -2.12. The van der Waals surface area contributed by atoms with Gasteiger partial charge >= 0.3 is 0 Å². The maximum absolute atomic E-state index is 13.3. The third kappa shape index (κ3) is 3.17. The lowest BCUT2D eigenvalue weighted by molar-refractivity contribution is 0.102. The minimum Gasteiger partial charge on any atom is -0.494 e. The van der Waals surface area contributed by atoms with Gasteiger partial charge in [-0.25, -0.2) is 4.39 Å². The van der Waals surface area contributed by atoms with Gasteiger partial charge in [-0.05, 0) is 48.9 Å². The third-order valence-electron chi connectivity index (χ3n) is 2.83. The van der Waals surface area contributed by atoms with Crippen LogP contribution in [0, 0.1) is 12.7 Å². The Hall–Kier alpha value is -1.88. The summed E-state index contributed by atoms with van der Waals surface area (Å²) in [5.41, 5.74) is 2.03. The fourth-order valence-corrected chi connectivity index (χ4v) is 1.97. The zero-order valence-electron chi connectivity index (χ0n) is 11.0. The molecule has 0 atom stereocenters. The normalized spacial score (nSPS) is 10.2. The molecule has 0 unspecified atom stereocenters. The van der Waals surface area contributed by atoms with Crippen LogP contribution in [0.2, 0.25) is 0 Å². The first-order chi connectivity index (χ1) is 9.51. The highest BCUT2D eigenvalue weighted by molar-refractivity contribution is 9.10. The highest BCUT2D eigenvalue weighted by Crippen LogP contribution is 2.22. The molecule has 0 radical (unpaired) electrons. The highest BCUT2D eigenvalue weighted by atomic mass is 79.9. The van der Waals surface area contributed by atoms with E-state index in [4.69, 9.17) is 4.74 Å². The molecule has 0 aliphatic carbocycles. The zero-order valence-corrected chi connectivity index (χ0v) is 12.6. The lowest BCUT2D eigenvalue weighted by Gasteiger charge is -2.08. The second-order valence-corrected chi connectivity index (χ2v) is 5.12. The van der Waals surface area contributed by atoms with E-state index in [9.17, 15) is 9.18 Å². The second kappa shape index (κ2) is 6.05. The summed E-state index contributed by atoms with van der Waals surface area (Å²) in [6, 6.07) is 9.49. The van der Waals surface area contributed by atoms with Crippen LogP contribution in [0.1, 0.15) is 15.9 Å². The van der Waals surface area contributed by atoms with Gasteiger partial charge in [-0.1, -0.05) is 15.9 Å². The number of ether oxygens (including phenoxy) is 1. The van der Waals surface area contributed by atoms with Crippen molar-refractivity contribution in [1.29, 1.82) is 0 Å².